The summed E-state index contributed by atoms with van der Waals surface area (Å²) in [6.45, 7) is 6.06. The number of hydrogen-bond acceptors (Lipinski definition) is 5. The van der Waals surface area contributed by atoms with Gasteiger partial charge in [0.05, 0.1) is 12.5 Å². The van der Waals surface area contributed by atoms with Gasteiger partial charge < -0.3 is 10.2 Å². The molecule has 0 fully saturated rings. The lowest BCUT2D eigenvalue weighted by molar-refractivity contribution is -0.136. The van der Waals surface area contributed by atoms with Gasteiger partial charge >= 0.3 is 5.97 Å². The molecular weight excluding hydrogens is 500 g/mol. The van der Waals surface area contributed by atoms with Crippen LogP contribution in [0, 0.1) is 0 Å². The number of hydrogen-bond donors (Lipinski definition) is 2. The van der Waals surface area contributed by atoms with Crippen molar-refractivity contribution in [1.29, 1.82) is 0 Å². The minimum Gasteiger partial charge on any atom is -0.481 e. The molecule has 202 valence electrons. The normalized spacial score (nSPS) is 13.2. The molecule has 0 radical (unpaired) electrons. The Morgan fingerprint density at radius 1 is 1.00 bits per heavy atom. The lowest BCUT2D eigenvalue weighted by Crippen LogP contribution is -2.33. The molecule has 0 saturated carbocycles. The second-order valence-corrected chi connectivity index (χ2v) is 11.5. The molecule has 0 saturated heterocycles. The Morgan fingerprint density at radius 3 is 2.34 bits per heavy atom. The molecule has 2 unspecified atom stereocenters. The summed E-state index contributed by atoms with van der Waals surface area (Å²) in [6, 6.07) is 17.7. The first-order valence-corrected chi connectivity index (χ1v) is 14.3. The van der Waals surface area contributed by atoms with Crippen molar-refractivity contribution in [2.75, 3.05) is 0 Å². The number of pyridine rings is 1. The van der Waals surface area contributed by atoms with Crippen LogP contribution in [0.2, 0.25) is 0 Å². The lowest BCUT2D eigenvalue weighted by Gasteiger charge is -2.27. The van der Waals surface area contributed by atoms with Gasteiger partial charge in [-0.3, -0.25) is 9.78 Å². The van der Waals surface area contributed by atoms with Crippen molar-refractivity contribution in [3.63, 3.8) is 0 Å². The molecule has 38 heavy (non-hydrogen) atoms. The average molecular weight is 537 g/mol. The van der Waals surface area contributed by atoms with Crippen molar-refractivity contribution < 1.29 is 23.4 Å². The highest BCUT2D eigenvalue weighted by molar-refractivity contribution is 7.89. The number of nitrogens with zero attached hydrogens (tertiary/aromatic N) is 2. The largest absolute Gasteiger partial charge is 0.481 e. The van der Waals surface area contributed by atoms with Crippen molar-refractivity contribution in [2.45, 2.75) is 63.5 Å². The molecule has 7 nitrogen and oxygen atoms in total. The molecular formula is C30H36N2O5S. The molecule has 0 aliphatic rings. The summed E-state index contributed by atoms with van der Waals surface area (Å²) < 4.78 is 29.3. The van der Waals surface area contributed by atoms with E-state index < -0.39 is 27.3 Å². The molecule has 2 aromatic carbocycles. The summed E-state index contributed by atoms with van der Waals surface area (Å²) in [5, 5.41) is 18.7. The summed E-state index contributed by atoms with van der Waals surface area (Å²) in [4.78, 5) is 15.3. The van der Waals surface area contributed by atoms with E-state index in [2.05, 4.69) is 18.5 Å². The van der Waals surface area contributed by atoms with Gasteiger partial charge in [-0.25, -0.2) is 8.42 Å². The van der Waals surface area contributed by atoms with Gasteiger partial charge in [0.1, 0.15) is 5.25 Å². The van der Waals surface area contributed by atoms with Crippen LogP contribution in [0.25, 0.3) is 0 Å². The van der Waals surface area contributed by atoms with Crippen molar-refractivity contribution in [2.24, 2.45) is 0 Å². The molecule has 1 heterocycles. The predicted octanol–water partition coefficient (Wildman–Crippen LogP) is 5.58. The highest BCUT2D eigenvalue weighted by atomic mass is 32.2. The molecule has 0 amide bonds. The number of benzene rings is 2. The molecule has 2 atom stereocenters. The zero-order chi connectivity index (χ0) is 27.5. The number of carboxylic acids is 1. The van der Waals surface area contributed by atoms with E-state index in [0.29, 0.717) is 23.1 Å². The second kappa shape index (κ2) is 14.0. The van der Waals surface area contributed by atoms with E-state index in [9.17, 15) is 23.4 Å². The number of aromatic nitrogens is 1. The first-order valence-electron chi connectivity index (χ1n) is 12.8. The van der Waals surface area contributed by atoms with Gasteiger partial charge in [0.25, 0.3) is 0 Å². The Kier molecular flexibility index (Phi) is 10.8. The SMILES string of the molecule is C=CC(c1cccnc1)S(=O)(=O)N(Cc1ccc(C(O)CCCCC)cc1)Cc1cccc(CC(=O)O)c1. The number of rotatable bonds is 15. The number of aliphatic hydroxyl groups excluding tert-OH is 1. The van der Waals surface area contributed by atoms with Gasteiger partial charge in [0.15, 0.2) is 0 Å². The summed E-state index contributed by atoms with van der Waals surface area (Å²) >= 11 is 0. The fraction of sp³-hybridized carbons (Fsp3) is 0.333. The summed E-state index contributed by atoms with van der Waals surface area (Å²) in [5.41, 5.74) is 3.37. The number of sulfonamides is 1. The maximum atomic E-state index is 13.9. The number of aliphatic carboxylic acids is 1. The molecule has 3 aromatic rings. The molecule has 3 rings (SSSR count). The third kappa shape index (κ3) is 8.08. The third-order valence-electron chi connectivity index (χ3n) is 6.42. The van der Waals surface area contributed by atoms with E-state index in [0.717, 1.165) is 30.4 Å². The Bertz CT molecular complexity index is 1290. The van der Waals surface area contributed by atoms with Gasteiger partial charge in [-0.2, -0.15) is 4.31 Å². The number of carbonyl (C=O) groups is 1. The third-order valence-corrected chi connectivity index (χ3v) is 8.50. The maximum absolute atomic E-state index is 13.9. The van der Waals surface area contributed by atoms with Crippen LogP contribution in [-0.4, -0.2) is 33.9 Å². The van der Waals surface area contributed by atoms with Crippen LogP contribution >= 0.6 is 0 Å². The van der Waals surface area contributed by atoms with Crippen LogP contribution in [0.4, 0.5) is 0 Å². The van der Waals surface area contributed by atoms with Gasteiger partial charge in [-0.15, -0.1) is 6.58 Å². The summed E-state index contributed by atoms with van der Waals surface area (Å²) in [7, 11) is -3.93. The van der Waals surface area contributed by atoms with Crippen molar-refractivity contribution in [3.05, 3.63) is 114 Å². The standard InChI is InChI=1S/C30H36N2O5S/c1-3-5-6-12-28(33)26-15-13-23(14-16-26)21-32(22-25-10-7-9-24(18-25)19-30(34)35)38(36,37)29(4-2)27-11-8-17-31-20-27/h4,7-11,13-18,20,28-29,33H,2-3,5-6,12,19,21-22H2,1H3,(H,34,35). The number of aliphatic hydroxyl groups is 1. The van der Waals surface area contributed by atoms with Crippen LogP contribution in [0.1, 0.15) is 71.8 Å². The van der Waals surface area contributed by atoms with Crippen LogP contribution in [0.15, 0.2) is 85.7 Å². The van der Waals surface area contributed by atoms with Gasteiger partial charge in [-0.05, 0) is 40.3 Å². The first-order chi connectivity index (χ1) is 18.2. The van der Waals surface area contributed by atoms with E-state index >= 15 is 0 Å². The zero-order valence-corrected chi connectivity index (χ0v) is 22.6. The fourth-order valence-corrected chi connectivity index (χ4v) is 6.10. The number of carboxylic acid groups (broad SMARTS) is 1. The van der Waals surface area contributed by atoms with Crippen LogP contribution in [0.5, 0.6) is 0 Å². The summed E-state index contributed by atoms with van der Waals surface area (Å²) in [5.74, 6) is -0.952. The van der Waals surface area contributed by atoms with Crippen LogP contribution < -0.4 is 0 Å². The Hall–Kier alpha value is -3.33. The monoisotopic (exact) mass is 536 g/mol. The van der Waals surface area contributed by atoms with Crippen LogP contribution in [0.3, 0.4) is 0 Å². The van der Waals surface area contributed by atoms with E-state index in [1.165, 1.54) is 16.6 Å². The van der Waals surface area contributed by atoms with E-state index in [4.69, 9.17) is 0 Å². The van der Waals surface area contributed by atoms with Gasteiger partial charge in [-0.1, -0.05) is 86.9 Å². The van der Waals surface area contributed by atoms with Crippen molar-refractivity contribution in [3.8, 4) is 0 Å². The number of unbranched alkanes of at least 4 members (excludes halogenated alkanes) is 2. The highest BCUT2D eigenvalue weighted by Gasteiger charge is 2.32. The highest BCUT2D eigenvalue weighted by Crippen LogP contribution is 2.29. The average Bonchev–Trinajstić information content (AvgIpc) is 2.89. The molecule has 0 spiro atoms. The topological polar surface area (TPSA) is 108 Å². The van der Waals surface area contributed by atoms with Gasteiger partial charge in [0.2, 0.25) is 10.0 Å². The summed E-state index contributed by atoms with van der Waals surface area (Å²) in [6.07, 6.45) is 7.59. The zero-order valence-electron chi connectivity index (χ0n) is 21.7. The minimum atomic E-state index is -3.93. The Balaban J connectivity index is 1.91. The predicted molar refractivity (Wildman–Crippen MR) is 149 cm³/mol. The maximum Gasteiger partial charge on any atom is 0.307 e. The molecule has 0 aliphatic heterocycles. The molecule has 8 heteroatoms. The Labute approximate surface area is 225 Å². The molecule has 0 aliphatic carbocycles. The minimum absolute atomic E-state index is 0.0573. The quantitative estimate of drug-likeness (QED) is 0.194. The van der Waals surface area contributed by atoms with Gasteiger partial charge in [0, 0.05) is 25.5 Å². The smallest absolute Gasteiger partial charge is 0.307 e. The van der Waals surface area contributed by atoms with E-state index in [-0.39, 0.29) is 19.5 Å². The van der Waals surface area contributed by atoms with E-state index in [1.54, 1.807) is 42.6 Å². The van der Waals surface area contributed by atoms with Crippen molar-refractivity contribution >= 4 is 16.0 Å². The van der Waals surface area contributed by atoms with Crippen LogP contribution in [-0.2, 0) is 34.3 Å². The second-order valence-electron chi connectivity index (χ2n) is 9.40. The first kappa shape index (κ1) is 29.2. The molecule has 1 aromatic heterocycles. The van der Waals surface area contributed by atoms with E-state index in [1.807, 2.05) is 24.3 Å². The van der Waals surface area contributed by atoms with Crippen molar-refractivity contribution in [1.82, 2.24) is 9.29 Å². The Morgan fingerprint density at radius 2 is 1.71 bits per heavy atom. The lowest BCUT2D eigenvalue weighted by atomic mass is 10.0. The molecule has 2 N–H and O–H groups in total. The fourth-order valence-electron chi connectivity index (χ4n) is 4.39. The molecule has 0 bridgehead atoms.